The van der Waals surface area contributed by atoms with Crippen LogP contribution in [0.3, 0.4) is 0 Å². The van der Waals surface area contributed by atoms with E-state index in [4.69, 9.17) is 5.11 Å². The fourth-order valence-electron chi connectivity index (χ4n) is 1.91. The molecule has 0 aliphatic carbocycles. The Hall–Kier alpha value is -1.89. The molecule has 0 aromatic carbocycles. The number of aryl methyl sites for hydroxylation is 1. The molecule has 2 rings (SSSR count). The first kappa shape index (κ1) is 13.5. The second-order valence-corrected chi connectivity index (χ2v) is 6.20. The van der Waals surface area contributed by atoms with Gasteiger partial charge in [-0.3, -0.25) is 9.69 Å². The molecule has 0 radical (unpaired) electrons. The highest BCUT2D eigenvalue weighted by atomic mass is 32.1. The number of carboxylic acid groups (broad SMARTS) is 1. The van der Waals surface area contributed by atoms with Crippen molar-refractivity contribution in [3.63, 3.8) is 0 Å². The fourth-order valence-corrected chi connectivity index (χ4v) is 2.79. The maximum atomic E-state index is 12.0. The van der Waals surface area contributed by atoms with E-state index in [0.717, 1.165) is 21.1 Å². The van der Waals surface area contributed by atoms with Gasteiger partial charge in [-0.1, -0.05) is 0 Å². The van der Waals surface area contributed by atoms with E-state index >= 15 is 0 Å². The summed E-state index contributed by atoms with van der Waals surface area (Å²) in [4.78, 5) is 36.8. The summed E-state index contributed by atoms with van der Waals surface area (Å²) < 4.78 is 0. The minimum absolute atomic E-state index is 0.101. The van der Waals surface area contributed by atoms with Gasteiger partial charge in [-0.15, -0.1) is 11.3 Å². The highest BCUT2D eigenvalue weighted by molar-refractivity contribution is 7.14. The minimum Gasteiger partial charge on any atom is -0.477 e. The number of carbonyl (C=O) groups excluding carboxylic acids is 2. The number of hydrogen-bond acceptors (Lipinski definition) is 4. The molecule has 0 spiro atoms. The molecular formula is C12H14N2O4S. The Labute approximate surface area is 114 Å². The van der Waals surface area contributed by atoms with Crippen molar-refractivity contribution < 1.29 is 19.5 Å². The van der Waals surface area contributed by atoms with Gasteiger partial charge < -0.3 is 10.4 Å². The predicted octanol–water partition coefficient (Wildman–Crippen LogP) is 1.59. The lowest BCUT2D eigenvalue weighted by Crippen LogP contribution is -2.40. The SMILES string of the molecule is Cc1sc(C(=O)O)cc1CN1C(=O)NC(C)(C)C1=O. The lowest BCUT2D eigenvalue weighted by Gasteiger charge is -2.15. The number of nitrogens with zero attached hydrogens (tertiary/aromatic N) is 1. The molecule has 7 heteroatoms. The van der Waals surface area contributed by atoms with Crippen LogP contribution in [-0.4, -0.2) is 33.5 Å². The number of amides is 3. The molecule has 2 heterocycles. The molecule has 1 aromatic rings. The summed E-state index contributed by atoms with van der Waals surface area (Å²) in [5.74, 6) is -1.31. The number of hydrogen-bond donors (Lipinski definition) is 2. The van der Waals surface area contributed by atoms with Crippen molar-refractivity contribution in [2.45, 2.75) is 32.9 Å². The van der Waals surface area contributed by atoms with E-state index in [1.807, 2.05) is 0 Å². The molecule has 1 fully saturated rings. The van der Waals surface area contributed by atoms with E-state index in [2.05, 4.69) is 5.32 Å². The summed E-state index contributed by atoms with van der Waals surface area (Å²) in [6, 6.07) is 1.06. The van der Waals surface area contributed by atoms with E-state index in [-0.39, 0.29) is 17.3 Å². The zero-order valence-corrected chi connectivity index (χ0v) is 11.6. The number of urea groups is 1. The second kappa shape index (κ2) is 4.34. The smallest absolute Gasteiger partial charge is 0.345 e. The molecule has 1 aliphatic heterocycles. The van der Waals surface area contributed by atoms with Crippen LogP contribution in [0.15, 0.2) is 6.07 Å². The summed E-state index contributed by atoms with van der Waals surface area (Å²) >= 11 is 1.14. The second-order valence-electron chi connectivity index (χ2n) is 4.94. The van der Waals surface area contributed by atoms with Gasteiger partial charge in [-0.05, 0) is 32.4 Å². The Morgan fingerprint density at radius 1 is 1.47 bits per heavy atom. The van der Waals surface area contributed by atoms with Gasteiger partial charge in [0.1, 0.15) is 10.4 Å². The van der Waals surface area contributed by atoms with Crippen molar-refractivity contribution >= 4 is 29.2 Å². The number of aromatic carboxylic acids is 1. The molecule has 3 amide bonds. The Morgan fingerprint density at radius 3 is 2.53 bits per heavy atom. The first-order valence-corrected chi connectivity index (χ1v) is 6.51. The molecule has 6 nitrogen and oxygen atoms in total. The number of rotatable bonds is 3. The van der Waals surface area contributed by atoms with Crippen LogP contribution in [-0.2, 0) is 11.3 Å². The van der Waals surface area contributed by atoms with Crippen LogP contribution in [0.1, 0.15) is 34.0 Å². The zero-order chi connectivity index (χ0) is 14.4. The van der Waals surface area contributed by atoms with E-state index < -0.39 is 17.5 Å². The first-order chi connectivity index (χ1) is 8.72. The van der Waals surface area contributed by atoms with Crippen molar-refractivity contribution in [1.82, 2.24) is 10.2 Å². The van der Waals surface area contributed by atoms with Gasteiger partial charge in [-0.25, -0.2) is 9.59 Å². The average Bonchev–Trinajstić information content (AvgIpc) is 2.73. The average molecular weight is 282 g/mol. The van der Waals surface area contributed by atoms with Crippen LogP contribution in [0.4, 0.5) is 4.79 Å². The topological polar surface area (TPSA) is 86.7 Å². The summed E-state index contributed by atoms with van der Waals surface area (Å²) in [7, 11) is 0. The van der Waals surface area contributed by atoms with Crippen LogP contribution in [0.2, 0.25) is 0 Å². The minimum atomic E-state index is -1.00. The normalized spacial score (nSPS) is 17.7. The molecule has 2 N–H and O–H groups in total. The number of carboxylic acids is 1. The number of carbonyl (C=O) groups is 3. The predicted molar refractivity (Wildman–Crippen MR) is 69.2 cm³/mol. The van der Waals surface area contributed by atoms with Gasteiger partial charge in [0.15, 0.2) is 0 Å². The van der Waals surface area contributed by atoms with Crippen molar-refractivity contribution in [1.29, 1.82) is 0 Å². The molecule has 102 valence electrons. The first-order valence-electron chi connectivity index (χ1n) is 5.69. The van der Waals surface area contributed by atoms with Crippen LogP contribution >= 0.6 is 11.3 Å². The van der Waals surface area contributed by atoms with Crippen molar-refractivity contribution in [3.8, 4) is 0 Å². The fraction of sp³-hybridized carbons (Fsp3) is 0.417. The highest BCUT2D eigenvalue weighted by Gasteiger charge is 2.44. The molecule has 1 aliphatic rings. The van der Waals surface area contributed by atoms with E-state index in [1.54, 1.807) is 20.8 Å². The zero-order valence-electron chi connectivity index (χ0n) is 10.8. The molecule has 19 heavy (non-hydrogen) atoms. The highest BCUT2D eigenvalue weighted by Crippen LogP contribution is 2.25. The lowest BCUT2D eigenvalue weighted by atomic mass is 10.1. The summed E-state index contributed by atoms with van der Waals surface area (Å²) in [5, 5.41) is 11.5. The third kappa shape index (κ3) is 2.33. The Kier molecular flexibility index (Phi) is 3.09. The molecular weight excluding hydrogens is 268 g/mol. The van der Waals surface area contributed by atoms with Crippen LogP contribution in [0, 0.1) is 6.92 Å². The van der Waals surface area contributed by atoms with E-state index in [0.29, 0.717) is 5.56 Å². The molecule has 1 aromatic heterocycles. The van der Waals surface area contributed by atoms with Gasteiger partial charge in [-0.2, -0.15) is 0 Å². The Balaban J connectivity index is 2.25. The van der Waals surface area contributed by atoms with Gasteiger partial charge >= 0.3 is 12.0 Å². The maximum Gasteiger partial charge on any atom is 0.345 e. The molecule has 0 unspecified atom stereocenters. The lowest BCUT2D eigenvalue weighted by molar-refractivity contribution is -0.130. The summed E-state index contributed by atoms with van der Waals surface area (Å²) in [6.07, 6.45) is 0. The summed E-state index contributed by atoms with van der Waals surface area (Å²) in [6.45, 7) is 5.15. The third-order valence-electron chi connectivity index (χ3n) is 3.00. The van der Waals surface area contributed by atoms with Crippen molar-refractivity contribution in [2.24, 2.45) is 0 Å². The van der Waals surface area contributed by atoms with E-state index in [1.165, 1.54) is 6.07 Å². The number of nitrogens with one attached hydrogen (secondary N) is 1. The van der Waals surface area contributed by atoms with Crippen LogP contribution in [0.5, 0.6) is 0 Å². The van der Waals surface area contributed by atoms with E-state index in [9.17, 15) is 14.4 Å². The maximum absolute atomic E-state index is 12.0. The standard InChI is InChI=1S/C12H14N2O4S/c1-6-7(4-8(19-6)9(15)16)5-14-10(17)12(2,3)13-11(14)18/h4H,5H2,1-3H3,(H,13,18)(H,15,16). The number of imide groups is 1. The molecule has 0 bridgehead atoms. The van der Waals surface area contributed by atoms with Gasteiger partial charge in [0.05, 0.1) is 6.54 Å². The van der Waals surface area contributed by atoms with Crippen LogP contribution in [0.25, 0.3) is 0 Å². The Morgan fingerprint density at radius 2 is 2.11 bits per heavy atom. The molecule has 0 saturated carbocycles. The Bertz CT molecular complexity index is 576. The van der Waals surface area contributed by atoms with Crippen LogP contribution < -0.4 is 5.32 Å². The third-order valence-corrected chi connectivity index (χ3v) is 4.08. The van der Waals surface area contributed by atoms with Crippen molar-refractivity contribution in [2.75, 3.05) is 0 Å². The van der Waals surface area contributed by atoms with Gasteiger partial charge in [0, 0.05) is 4.88 Å². The van der Waals surface area contributed by atoms with Crippen molar-refractivity contribution in [3.05, 3.63) is 21.4 Å². The number of thiophene rings is 1. The van der Waals surface area contributed by atoms with Gasteiger partial charge in [0.25, 0.3) is 5.91 Å². The molecule has 0 atom stereocenters. The quantitative estimate of drug-likeness (QED) is 0.824. The van der Waals surface area contributed by atoms with Gasteiger partial charge in [0.2, 0.25) is 0 Å². The summed E-state index contributed by atoms with van der Waals surface area (Å²) in [5.41, 5.74) is -0.222. The monoisotopic (exact) mass is 282 g/mol. The molecule has 1 saturated heterocycles. The largest absolute Gasteiger partial charge is 0.477 e.